The van der Waals surface area contributed by atoms with E-state index in [2.05, 4.69) is 20.8 Å². The van der Waals surface area contributed by atoms with Crippen molar-refractivity contribution < 1.29 is 9.84 Å². The standard InChI is InChI=1S/C15H28O.C4H10O/c1-11-9-14-10-16-8-6-4-5-7-15(11)13(3)12(14)2;1-3-4(2)5/h11-15H,4-10H2,1-3H3;4-5H,3H2,1-2H3. The van der Waals surface area contributed by atoms with E-state index in [4.69, 9.17) is 9.84 Å². The molecule has 1 saturated carbocycles. The summed E-state index contributed by atoms with van der Waals surface area (Å²) in [5, 5.41) is 8.36. The molecule has 0 amide bonds. The third-order valence-corrected chi connectivity index (χ3v) is 5.90. The number of aliphatic hydroxyl groups is 1. The molecule has 3 rings (SSSR count). The zero-order valence-electron chi connectivity index (χ0n) is 15.0. The fraction of sp³-hybridized carbons (Fsp3) is 1.00. The van der Waals surface area contributed by atoms with Crippen LogP contribution in [0, 0.1) is 29.6 Å². The zero-order chi connectivity index (χ0) is 15.8. The van der Waals surface area contributed by atoms with Gasteiger partial charge in [-0.3, -0.25) is 0 Å². The summed E-state index contributed by atoms with van der Waals surface area (Å²) in [7, 11) is 0. The molecule has 0 radical (unpaired) electrons. The van der Waals surface area contributed by atoms with Crippen LogP contribution < -0.4 is 0 Å². The van der Waals surface area contributed by atoms with Crippen molar-refractivity contribution >= 4 is 0 Å². The number of hydrogen-bond donors (Lipinski definition) is 1. The molecule has 126 valence electrons. The maximum absolute atomic E-state index is 8.36. The summed E-state index contributed by atoms with van der Waals surface area (Å²) in [6, 6.07) is 0. The molecule has 0 aromatic heterocycles. The molecule has 6 atom stereocenters. The molecule has 6 unspecified atom stereocenters. The smallest absolute Gasteiger partial charge is 0.0509 e. The molecule has 2 aliphatic heterocycles. The van der Waals surface area contributed by atoms with Crippen molar-refractivity contribution in [1.29, 1.82) is 0 Å². The number of ether oxygens (including phenoxy) is 1. The molecule has 0 aromatic rings. The predicted molar refractivity (Wildman–Crippen MR) is 90.3 cm³/mol. The number of hydrogen-bond acceptors (Lipinski definition) is 2. The second-order valence-electron chi connectivity index (χ2n) is 7.54. The normalized spacial score (nSPS) is 38.9. The molecule has 2 heterocycles. The first-order valence-corrected chi connectivity index (χ1v) is 9.23. The second kappa shape index (κ2) is 9.84. The Morgan fingerprint density at radius 3 is 2.38 bits per heavy atom. The lowest BCUT2D eigenvalue weighted by atomic mass is 9.62. The summed E-state index contributed by atoms with van der Waals surface area (Å²) in [6.45, 7) is 13.1. The van der Waals surface area contributed by atoms with Crippen LogP contribution in [0.25, 0.3) is 0 Å². The molecule has 0 spiro atoms. The van der Waals surface area contributed by atoms with Crippen molar-refractivity contribution in [2.75, 3.05) is 13.2 Å². The molecule has 2 bridgehead atoms. The lowest BCUT2D eigenvalue weighted by molar-refractivity contribution is 0.00419. The van der Waals surface area contributed by atoms with Crippen LogP contribution in [0.1, 0.15) is 73.1 Å². The molecule has 2 heteroatoms. The molecular weight excluding hydrogens is 260 g/mol. The van der Waals surface area contributed by atoms with Crippen molar-refractivity contribution in [3.05, 3.63) is 0 Å². The van der Waals surface area contributed by atoms with E-state index in [1.165, 1.54) is 32.1 Å². The molecule has 1 N–H and O–H groups in total. The molecule has 3 aliphatic rings. The van der Waals surface area contributed by atoms with Crippen LogP contribution in [0.2, 0.25) is 0 Å². The Hall–Kier alpha value is -0.0800. The maximum Gasteiger partial charge on any atom is 0.0509 e. The van der Waals surface area contributed by atoms with Gasteiger partial charge in [-0.15, -0.1) is 0 Å². The zero-order valence-corrected chi connectivity index (χ0v) is 15.0. The first-order valence-electron chi connectivity index (χ1n) is 9.23. The Morgan fingerprint density at radius 1 is 1.10 bits per heavy atom. The van der Waals surface area contributed by atoms with Crippen LogP contribution in [0.3, 0.4) is 0 Å². The van der Waals surface area contributed by atoms with Gasteiger partial charge in [0, 0.05) is 13.2 Å². The van der Waals surface area contributed by atoms with Crippen molar-refractivity contribution in [1.82, 2.24) is 0 Å². The largest absolute Gasteiger partial charge is 0.393 e. The van der Waals surface area contributed by atoms with Gasteiger partial charge in [-0.25, -0.2) is 0 Å². The number of aliphatic hydroxyl groups excluding tert-OH is 1. The molecule has 21 heavy (non-hydrogen) atoms. The van der Waals surface area contributed by atoms with E-state index in [1.54, 1.807) is 6.92 Å². The van der Waals surface area contributed by atoms with E-state index in [0.717, 1.165) is 49.2 Å². The van der Waals surface area contributed by atoms with Gasteiger partial charge in [0.15, 0.2) is 0 Å². The Kier molecular flexibility index (Phi) is 8.89. The molecule has 1 aliphatic carbocycles. The highest BCUT2D eigenvalue weighted by Gasteiger charge is 2.38. The van der Waals surface area contributed by atoms with E-state index >= 15 is 0 Å². The van der Waals surface area contributed by atoms with E-state index in [-0.39, 0.29) is 6.10 Å². The Labute approximate surface area is 132 Å². The summed E-state index contributed by atoms with van der Waals surface area (Å²) >= 11 is 0. The minimum atomic E-state index is -0.116. The van der Waals surface area contributed by atoms with Gasteiger partial charge >= 0.3 is 0 Å². The van der Waals surface area contributed by atoms with Gasteiger partial charge in [0.1, 0.15) is 0 Å². The van der Waals surface area contributed by atoms with Crippen LogP contribution in [0.5, 0.6) is 0 Å². The second-order valence-corrected chi connectivity index (χ2v) is 7.54. The molecule has 0 aromatic carbocycles. The van der Waals surface area contributed by atoms with Gasteiger partial charge in [0.2, 0.25) is 0 Å². The van der Waals surface area contributed by atoms with E-state index in [1.807, 2.05) is 6.92 Å². The van der Waals surface area contributed by atoms with Crippen LogP contribution in [-0.4, -0.2) is 24.4 Å². The summed E-state index contributed by atoms with van der Waals surface area (Å²) in [5.74, 6) is 4.47. The molecule has 3 fully saturated rings. The highest BCUT2D eigenvalue weighted by atomic mass is 16.5. The Balaban J connectivity index is 0.000000383. The monoisotopic (exact) mass is 298 g/mol. The van der Waals surface area contributed by atoms with Gasteiger partial charge in [-0.1, -0.05) is 40.5 Å². The van der Waals surface area contributed by atoms with Crippen molar-refractivity contribution in [3.63, 3.8) is 0 Å². The van der Waals surface area contributed by atoms with E-state index in [9.17, 15) is 0 Å². The van der Waals surface area contributed by atoms with Crippen LogP contribution >= 0.6 is 0 Å². The minimum absolute atomic E-state index is 0.116. The van der Waals surface area contributed by atoms with Crippen LogP contribution in [-0.2, 0) is 4.74 Å². The highest BCUT2D eigenvalue weighted by molar-refractivity contribution is 4.87. The molecule has 2 saturated heterocycles. The fourth-order valence-corrected chi connectivity index (χ4v) is 3.97. The predicted octanol–water partition coefficient (Wildman–Crippen LogP) is 4.90. The van der Waals surface area contributed by atoms with Crippen molar-refractivity contribution in [2.45, 2.75) is 79.2 Å². The molecule has 2 nitrogen and oxygen atoms in total. The quantitative estimate of drug-likeness (QED) is 0.746. The first-order chi connectivity index (χ1) is 9.97. The average Bonchev–Trinajstić information content (AvgIpc) is 2.51. The summed E-state index contributed by atoms with van der Waals surface area (Å²) < 4.78 is 5.86. The summed E-state index contributed by atoms with van der Waals surface area (Å²) in [5.41, 5.74) is 0. The topological polar surface area (TPSA) is 29.5 Å². The Bertz CT molecular complexity index is 262. The lowest BCUT2D eigenvalue weighted by Crippen LogP contribution is -2.38. The third kappa shape index (κ3) is 6.28. The van der Waals surface area contributed by atoms with Gasteiger partial charge in [0.25, 0.3) is 0 Å². The van der Waals surface area contributed by atoms with Gasteiger partial charge < -0.3 is 9.84 Å². The number of fused-ring (bicyclic) bond motifs is 8. The van der Waals surface area contributed by atoms with Crippen LogP contribution in [0.15, 0.2) is 0 Å². The third-order valence-electron chi connectivity index (χ3n) is 5.90. The van der Waals surface area contributed by atoms with E-state index in [0.29, 0.717) is 0 Å². The van der Waals surface area contributed by atoms with E-state index < -0.39 is 0 Å². The Morgan fingerprint density at radius 2 is 1.76 bits per heavy atom. The highest BCUT2D eigenvalue weighted by Crippen LogP contribution is 2.44. The van der Waals surface area contributed by atoms with Crippen LogP contribution in [0.4, 0.5) is 0 Å². The molecular formula is C19H38O2. The first kappa shape index (κ1) is 19.0. The van der Waals surface area contributed by atoms with Crippen molar-refractivity contribution in [2.24, 2.45) is 29.6 Å². The lowest BCUT2D eigenvalue weighted by Gasteiger charge is -2.44. The van der Waals surface area contributed by atoms with Gasteiger partial charge in [-0.05, 0) is 62.2 Å². The minimum Gasteiger partial charge on any atom is -0.393 e. The summed E-state index contributed by atoms with van der Waals surface area (Å²) in [4.78, 5) is 0. The van der Waals surface area contributed by atoms with Crippen molar-refractivity contribution in [3.8, 4) is 0 Å². The fourth-order valence-electron chi connectivity index (χ4n) is 3.97. The number of rotatable bonds is 1. The summed E-state index contributed by atoms with van der Waals surface area (Å²) in [6.07, 6.45) is 7.66. The van der Waals surface area contributed by atoms with Gasteiger partial charge in [-0.2, -0.15) is 0 Å². The maximum atomic E-state index is 8.36. The SMILES string of the molecule is CC1CC2COCCCCCC1C(C)C2C.CCC(C)O. The van der Waals surface area contributed by atoms with Gasteiger partial charge in [0.05, 0.1) is 6.10 Å². The average molecular weight is 299 g/mol.